The Kier molecular flexibility index (Phi) is 14.6. The van der Waals surface area contributed by atoms with E-state index in [9.17, 15) is 14.4 Å². The largest absolute Gasteiger partial charge is 0.453 e. The summed E-state index contributed by atoms with van der Waals surface area (Å²) in [5, 5.41) is 2.77. The van der Waals surface area contributed by atoms with Gasteiger partial charge in [0, 0.05) is 32.9 Å². The van der Waals surface area contributed by atoms with Crippen LogP contribution in [0.25, 0.3) is 22.2 Å². The second-order valence-electron chi connectivity index (χ2n) is 19.2. The first-order valence-corrected chi connectivity index (χ1v) is 23.6. The van der Waals surface area contributed by atoms with Gasteiger partial charge in [0.05, 0.1) is 74.6 Å². The third-order valence-electron chi connectivity index (χ3n) is 14.1. The van der Waals surface area contributed by atoms with Crippen molar-refractivity contribution in [3.63, 3.8) is 0 Å². The molecule has 356 valence electrons. The van der Waals surface area contributed by atoms with E-state index in [-0.39, 0.29) is 41.1 Å². The van der Waals surface area contributed by atoms with Crippen LogP contribution in [0.5, 0.6) is 0 Å². The zero-order valence-electron chi connectivity index (χ0n) is 39.6. The van der Waals surface area contributed by atoms with Gasteiger partial charge in [-0.1, -0.05) is 58.1 Å². The van der Waals surface area contributed by atoms with Crippen molar-refractivity contribution in [3.8, 4) is 0 Å². The Morgan fingerprint density at radius 3 is 2.18 bits per heavy atom. The van der Waals surface area contributed by atoms with Gasteiger partial charge in [-0.05, 0) is 96.6 Å². The van der Waals surface area contributed by atoms with Gasteiger partial charge >= 0.3 is 6.09 Å². The van der Waals surface area contributed by atoms with E-state index in [2.05, 4.69) is 57.8 Å². The normalized spacial score (nSPS) is 23.5. The summed E-state index contributed by atoms with van der Waals surface area (Å²) < 4.78 is 29.1. The summed E-state index contributed by atoms with van der Waals surface area (Å²) >= 11 is 0. The van der Waals surface area contributed by atoms with Crippen molar-refractivity contribution in [3.05, 3.63) is 82.8 Å². The Morgan fingerprint density at radius 2 is 1.53 bits per heavy atom. The van der Waals surface area contributed by atoms with Crippen LogP contribution < -0.4 is 11.1 Å². The quantitative estimate of drug-likeness (QED) is 0.101. The molecule has 2 aliphatic heterocycles. The molecule has 2 saturated heterocycles. The fraction of sp³-hybridized carbons (Fsp3) is 0.580. The van der Waals surface area contributed by atoms with Crippen LogP contribution in [0.4, 0.5) is 4.79 Å². The van der Waals surface area contributed by atoms with Gasteiger partial charge in [-0.15, -0.1) is 0 Å². The number of carbonyl (C=O) groups is 3. The molecule has 16 heteroatoms. The Bertz CT molecular complexity index is 2370. The lowest BCUT2D eigenvalue weighted by Gasteiger charge is -2.35. The number of amides is 3. The molecule has 1 aromatic carbocycles. The summed E-state index contributed by atoms with van der Waals surface area (Å²) in [7, 11) is 4.62. The number of allylic oxidation sites excluding steroid dienone is 5. The lowest BCUT2D eigenvalue weighted by atomic mass is 9.82. The van der Waals surface area contributed by atoms with Crippen molar-refractivity contribution in [2.75, 3.05) is 60.8 Å². The van der Waals surface area contributed by atoms with Crippen molar-refractivity contribution in [2.45, 2.75) is 109 Å². The fourth-order valence-electron chi connectivity index (χ4n) is 10.00. The number of rotatable bonds is 18. The van der Waals surface area contributed by atoms with Crippen LogP contribution >= 0.6 is 0 Å². The number of methoxy groups -OCH3 is 3. The molecule has 0 radical (unpaired) electrons. The Morgan fingerprint density at radius 1 is 0.833 bits per heavy atom. The molecule has 3 aliphatic carbocycles. The van der Waals surface area contributed by atoms with Gasteiger partial charge in [0.25, 0.3) is 0 Å². The molecule has 4 heterocycles. The third kappa shape index (κ3) is 9.93. The molecule has 3 amide bonds. The van der Waals surface area contributed by atoms with Crippen LogP contribution in [0.3, 0.4) is 0 Å². The van der Waals surface area contributed by atoms with Crippen molar-refractivity contribution in [1.29, 1.82) is 0 Å². The number of nitrogens with two attached hydrogens (primary N) is 1. The van der Waals surface area contributed by atoms with Gasteiger partial charge in [0.2, 0.25) is 11.8 Å². The van der Waals surface area contributed by atoms with E-state index in [0.717, 1.165) is 89.8 Å². The average molecular weight is 909 g/mol. The molecule has 2 aromatic heterocycles. The van der Waals surface area contributed by atoms with Crippen LogP contribution in [0, 0.1) is 17.3 Å². The molecule has 66 heavy (non-hydrogen) atoms. The first-order valence-electron chi connectivity index (χ1n) is 23.6. The molecule has 8 rings (SSSR count). The van der Waals surface area contributed by atoms with Crippen LogP contribution in [0.1, 0.15) is 108 Å². The Labute approximate surface area is 387 Å². The number of imidazole rings is 2. The molecule has 1 saturated carbocycles. The van der Waals surface area contributed by atoms with Gasteiger partial charge in [-0.2, -0.15) is 0 Å². The number of likely N-dealkylation sites (tertiary alicyclic amines) is 2. The fourth-order valence-corrected chi connectivity index (χ4v) is 10.00. The lowest BCUT2D eigenvalue weighted by molar-refractivity contribution is -0.136. The van der Waals surface area contributed by atoms with Gasteiger partial charge in [-0.3, -0.25) is 9.59 Å². The number of ether oxygens (including phenoxy) is 5. The summed E-state index contributed by atoms with van der Waals surface area (Å²) in [5.74, 6) is 1.27. The number of alkyl carbamates (subject to hydrolysis) is 1. The Hall–Kier alpha value is -5.13. The van der Waals surface area contributed by atoms with E-state index < -0.39 is 30.4 Å². The topological polar surface area (TPSA) is 199 Å². The maximum Gasteiger partial charge on any atom is 0.407 e. The van der Waals surface area contributed by atoms with Gasteiger partial charge in [-0.25, -0.2) is 14.8 Å². The van der Waals surface area contributed by atoms with Gasteiger partial charge in [0.1, 0.15) is 29.9 Å². The monoisotopic (exact) mass is 909 g/mol. The number of nitrogens with one attached hydrogen (secondary N) is 3. The highest BCUT2D eigenvalue weighted by atomic mass is 16.6. The number of aromatic amines is 2. The predicted octanol–water partition coefficient (Wildman–Crippen LogP) is 6.56. The summed E-state index contributed by atoms with van der Waals surface area (Å²) in [6, 6.07) is 4.69. The summed E-state index contributed by atoms with van der Waals surface area (Å²) in [6.07, 6.45) is 15.1. The molecule has 3 fully saturated rings. The van der Waals surface area contributed by atoms with E-state index in [1.807, 2.05) is 43.7 Å². The third-order valence-corrected chi connectivity index (χ3v) is 14.1. The summed E-state index contributed by atoms with van der Waals surface area (Å²) in [4.78, 5) is 60.5. The zero-order chi connectivity index (χ0) is 46.7. The maximum absolute atomic E-state index is 14.2. The molecule has 5 aliphatic rings. The summed E-state index contributed by atoms with van der Waals surface area (Å²) in [6.45, 7) is 10.6. The van der Waals surface area contributed by atoms with Crippen LogP contribution in [0.2, 0.25) is 0 Å². The number of hydrogen-bond donors (Lipinski definition) is 4. The number of carbonyl (C=O) groups excluding carboxylic acids is 3. The second kappa shape index (κ2) is 20.4. The number of H-pyrrole nitrogens is 2. The molecule has 16 nitrogen and oxygen atoms in total. The molecule has 3 aromatic rings. The SMILES string of the molecule is COCCOC1C(C2=CC=C(c3ccc4nc(C5CCCN5C(=O)C(N)C(C)C)[nH]c4c3)CC2)=CC=C(c2cnc(C3CC4(CC4)CN3C(=O)C(NC(=O)OC)C(C)C)[nH]2)C1OCCOC. The minimum atomic E-state index is -0.730. The minimum Gasteiger partial charge on any atom is -0.453 e. The first-order chi connectivity index (χ1) is 31.8. The molecule has 6 atom stereocenters. The second-order valence-corrected chi connectivity index (χ2v) is 19.2. The minimum absolute atomic E-state index is 0.0156. The number of nitrogens with zero attached hydrogens (tertiary/aromatic N) is 4. The van der Waals surface area contributed by atoms with Crippen molar-refractivity contribution >= 4 is 40.1 Å². The van der Waals surface area contributed by atoms with Gasteiger partial charge < -0.3 is 54.5 Å². The highest BCUT2D eigenvalue weighted by molar-refractivity contribution is 5.87. The highest BCUT2D eigenvalue weighted by Gasteiger charge is 2.55. The summed E-state index contributed by atoms with van der Waals surface area (Å²) in [5.41, 5.74) is 14.4. The smallest absolute Gasteiger partial charge is 0.407 e. The number of hydrogen-bond acceptors (Lipinski definition) is 11. The molecule has 0 bridgehead atoms. The number of aromatic nitrogens is 4. The zero-order valence-corrected chi connectivity index (χ0v) is 39.6. The molecule has 1 spiro atoms. The number of fused-ring (bicyclic) bond motifs is 1. The molecule has 6 unspecified atom stereocenters. The first kappa shape index (κ1) is 47.4. The van der Waals surface area contributed by atoms with Crippen LogP contribution in [0.15, 0.2) is 59.8 Å². The van der Waals surface area contributed by atoms with E-state index in [4.69, 9.17) is 39.4 Å². The average Bonchev–Trinajstić information content (AvgIpc) is 3.81. The van der Waals surface area contributed by atoms with Crippen LogP contribution in [-0.2, 0) is 33.3 Å². The van der Waals surface area contributed by atoms with Crippen molar-refractivity contribution < 1.29 is 38.1 Å². The standard InChI is InChI=1S/C50H68N8O8/c1-29(2)41(51)47(59)57-20-8-9-39(57)46-53-36-17-14-33(25-37(36)54-46)31-10-12-32(13-11-31)34-15-16-35(44(66-24-22-63-6)43(34)65-23-21-62-5)38-27-52-45(55-38)40-26-50(18-19-50)28-58(40)48(60)42(30(3)4)56-49(61)64-7/h10,12,14-17,25,27,29-30,39-44H,8-9,11,13,18-24,26,28,51H2,1-7H3,(H,52,55)(H,53,54)(H,56,61). The van der Waals surface area contributed by atoms with Crippen molar-refractivity contribution in [1.82, 2.24) is 35.1 Å². The van der Waals surface area contributed by atoms with Gasteiger partial charge in [0.15, 0.2) is 0 Å². The van der Waals surface area contributed by atoms with Crippen molar-refractivity contribution in [2.24, 2.45) is 23.0 Å². The maximum atomic E-state index is 14.2. The predicted molar refractivity (Wildman–Crippen MR) is 251 cm³/mol. The van der Waals surface area contributed by atoms with E-state index in [0.29, 0.717) is 45.3 Å². The Balaban J connectivity index is 1.06. The van der Waals surface area contributed by atoms with Crippen LogP contribution in [-0.4, -0.2) is 133 Å². The molecule has 5 N–H and O–H groups in total. The van der Waals surface area contributed by atoms with E-state index in [1.165, 1.54) is 12.7 Å². The highest BCUT2D eigenvalue weighted by Crippen LogP contribution is 2.58. The lowest BCUT2D eigenvalue weighted by Crippen LogP contribution is -2.51. The van der Waals surface area contributed by atoms with E-state index in [1.54, 1.807) is 14.2 Å². The number of benzene rings is 1. The van der Waals surface area contributed by atoms with E-state index >= 15 is 0 Å². The molecular weight excluding hydrogens is 841 g/mol. The molecular formula is C50H68N8O8.